The molecule has 0 bridgehead atoms. The number of nitrogens with one attached hydrogen (secondary N) is 2. The van der Waals surface area contributed by atoms with Crippen LogP contribution in [0.25, 0.3) is 0 Å². The van der Waals surface area contributed by atoms with Crippen LogP contribution in [0, 0.1) is 0 Å². The summed E-state index contributed by atoms with van der Waals surface area (Å²) in [6.45, 7) is 0.536. The number of anilines is 2. The van der Waals surface area contributed by atoms with Gasteiger partial charge in [0.1, 0.15) is 0 Å². The van der Waals surface area contributed by atoms with E-state index in [4.69, 9.17) is 15.6 Å². The van der Waals surface area contributed by atoms with Crippen LogP contribution in [0.2, 0.25) is 0 Å². The summed E-state index contributed by atoms with van der Waals surface area (Å²) in [5, 5.41) is 7.49. The molecule has 8 nitrogen and oxygen atoms in total. The lowest BCUT2D eigenvalue weighted by Crippen LogP contribution is -2.35. The minimum Gasteiger partial charge on any atom is -0.385 e. The normalized spacial score (nSPS) is 12.7. The van der Waals surface area contributed by atoms with Crippen LogP contribution in [-0.4, -0.2) is 34.1 Å². The first kappa shape index (κ1) is 17.4. The van der Waals surface area contributed by atoms with Gasteiger partial charge in [0.05, 0.1) is 11.7 Å². The molecule has 0 aromatic heterocycles. The maximum absolute atomic E-state index is 11.9. The highest BCUT2D eigenvalue weighted by Crippen LogP contribution is 2.16. The fraction of sp³-hybridized carbons (Fsp3) is 0.417. The van der Waals surface area contributed by atoms with Crippen molar-refractivity contribution in [3.05, 3.63) is 24.3 Å². The topological polar surface area (TPSA) is 137 Å². The van der Waals surface area contributed by atoms with Gasteiger partial charge in [0, 0.05) is 19.4 Å². The Morgan fingerprint density at radius 1 is 1.38 bits per heavy atom. The van der Waals surface area contributed by atoms with Crippen LogP contribution < -0.4 is 20.9 Å². The van der Waals surface area contributed by atoms with Gasteiger partial charge in [0.2, 0.25) is 5.91 Å². The molecule has 0 aliphatic heterocycles. The van der Waals surface area contributed by atoms with E-state index >= 15 is 0 Å². The minimum absolute atomic E-state index is 0.253. The summed E-state index contributed by atoms with van der Waals surface area (Å²) in [6.07, 6.45) is 1.17. The second kappa shape index (κ2) is 7.93. The lowest BCUT2D eigenvalue weighted by Gasteiger charge is -2.13. The van der Waals surface area contributed by atoms with Crippen molar-refractivity contribution in [2.75, 3.05) is 23.8 Å². The molecule has 0 saturated heterocycles. The minimum atomic E-state index is -3.85. The van der Waals surface area contributed by atoms with Crippen molar-refractivity contribution < 1.29 is 17.9 Å². The highest BCUT2D eigenvalue weighted by Gasteiger charge is 2.13. The molecule has 21 heavy (non-hydrogen) atoms. The van der Waals surface area contributed by atoms with E-state index in [1.165, 1.54) is 12.1 Å². The summed E-state index contributed by atoms with van der Waals surface area (Å²) < 4.78 is 28.9. The Balaban J connectivity index is 2.62. The maximum Gasteiger partial charge on any atom is 0.296 e. The third kappa shape index (κ3) is 7.04. The van der Waals surface area contributed by atoms with Crippen LogP contribution in [-0.2, 0) is 19.7 Å². The number of amides is 1. The summed E-state index contributed by atoms with van der Waals surface area (Å²) in [6, 6.07) is 5.51. The molecular formula is C12H20N4O4S. The number of ether oxygens (including phenoxy) is 1. The molecule has 6 N–H and O–H groups in total. The third-order valence-electron chi connectivity index (χ3n) is 2.59. The Labute approximate surface area is 124 Å². The molecule has 9 heteroatoms. The van der Waals surface area contributed by atoms with Crippen LogP contribution in [0.5, 0.6) is 0 Å². The van der Waals surface area contributed by atoms with Gasteiger partial charge < -0.3 is 15.8 Å². The number of nitrogens with two attached hydrogens (primary N) is 2. The molecule has 1 amide bonds. The van der Waals surface area contributed by atoms with Crippen molar-refractivity contribution in [2.45, 2.75) is 18.9 Å². The van der Waals surface area contributed by atoms with Gasteiger partial charge in [-0.1, -0.05) is 6.07 Å². The first-order valence-electron chi connectivity index (χ1n) is 6.28. The predicted molar refractivity (Wildman–Crippen MR) is 80.9 cm³/mol. The fourth-order valence-corrected chi connectivity index (χ4v) is 2.09. The quantitative estimate of drug-likeness (QED) is 0.500. The van der Waals surface area contributed by atoms with Gasteiger partial charge >= 0.3 is 0 Å². The van der Waals surface area contributed by atoms with Gasteiger partial charge in [-0.3, -0.25) is 9.52 Å². The zero-order chi connectivity index (χ0) is 15.9. The number of hydrogen-bond acceptors (Lipinski definition) is 5. The first-order chi connectivity index (χ1) is 9.81. The summed E-state index contributed by atoms with van der Waals surface area (Å²) in [4.78, 5) is 11.9. The fourth-order valence-electron chi connectivity index (χ4n) is 1.64. The van der Waals surface area contributed by atoms with E-state index in [1.807, 2.05) is 0 Å². The molecule has 0 aliphatic carbocycles. The van der Waals surface area contributed by atoms with Crippen LogP contribution in [0.15, 0.2) is 24.3 Å². The number of methoxy groups -OCH3 is 1. The monoisotopic (exact) mass is 316 g/mol. The Morgan fingerprint density at radius 2 is 2.05 bits per heavy atom. The van der Waals surface area contributed by atoms with Gasteiger partial charge in [-0.2, -0.15) is 8.42 Å². The van der Waals surface area contributed by atoms with Crippen molar-refractivity contribution in [1.82, 2.24) is 0 Å². The molecule has 0 heterocycles. The van der Waals surface area contributed by atoms with Crippen LogP contribution >= 0.6 is 0 Å². The second-order valence-electron chi connectivity index (χ2n) is 4.46. The molecule has 118 valence electrons. The molecule has 1 atom stereocenters. The van der Waals surface area contributed by atoms with E-state index in [9.17, 15) is 13.2 Å². The van der Waals surface area contributed by atoms with Crippen molar-refractivity contribution in [2.24, 2.45) is 10.9 Å². The van der Waals surface area contributed by atoms with Crippen LogP contribution in [0.4, 0.5) is 11.4 Å². The van der Waals surface area contributed by atoms with Crippen molar-refractivity contribution in [3.8, 4) is 0 Å². The molecule has 1 aromatic carbocycles. The molecule has 1 aromatic rings. The maximum atomic E-state index is 11.9. The number of benzene rings is 1. The molecule has 0 spiro atoms. The molecular weight excluding hydrogens is 296 g/mol. The van der Waals surface area contributed by atoms with Gasteiger partial charge in [-0.05, 0) is 31.0 Å². The highest BCUT2D eigenvalue weighted by atomic mass is 32.2. The SMILES string of the molecule is COCCCC(N)C(=O)Nc1cccc(NS(N)(=O)=O)c1. The van der Waals surface area contributed by atoms with Gasteiger partial charge in [-0.15, -0.1) is 0 Å². The van der Waals surface area contributed by atoms with Gasteiger partial charge in [-0.25, -0.2) is 5.14 Å². The molecule has 0 saturated carbocycles. The summed E-state index contributed by atoms with van der Waals surface area (Å²) in [5.41, 5.74) is 6.43. The average Bonchev–Trinajstić information content (AvgIpc) is 2.37. The van der Waals surface area contributed by atoms with Crippen LogP contribution in [0.1, 0.15) is 12.8 Å². The highest BCUT2D eigenvalue weighted by molar-refractivity contribution is 7.90. The molecule has 1 unspecified atom stereocenters. The third-order valence-corrected chi connectivity index (χ3v) is 3.11. The lowest BCUT2D eigenvalue weighted by molar-refractivity contribution is -0.117. The van der Waals surface area contributed by atoms with Crippen molar-refractivity contribution in [1.29, 1.82) is 0 Å². The van der Waals surface area contributed by atoms with E-state index in [-0.39, 0.29) is 11.6 Å². The van der Waals surface area contributed by atoms with E-state index in [0.29, 0.717) is 25.1 Å². The van der Waals surface area contributed by atoms with E-state index < -0.39 is 16.3 Å². The Hall–Kier alpha value is -1.68. The Bertz CT molecular complexity index is 576. The standard InChI is InChI=1S/C12H20N4O4S/c1-20-7-3-6-11(13)12(17)15-9-4-2-5-10(8-9)16-21(14,18)19/h2,4-5,8,11,16H,3,6-7,13H2,1H3,(H,15,17)(H2,14,18,19). The lowest BCUT2D eigenvalue weighted by atomic mass is 10.1. The molecule has 0 radical (unpaired) electrons. The number of carbonyl (C=O) groups excluding carboxylic acids is 1. The number of rotatable bonds is 8. The van der Waals surface area contributed by atoms with Gasteiger partial charge in [0.25, 0.3) is 10.2 Å². The predicted octanol–water partition coefficient (Wildman–Crippen LogP) is -0.00560. The Kier molecular flexibility index (Phi) is 6.56. The number of hydrogen-bond donors (Lipinski definition) is 4. The van der Waals surface area contributed by atoms with E-state index in [1.54, 1.807) is 19.2 Å². The van der Waals surface area contributed by atoms with Crippen LogP contribution in [0.3, 0.4) is 0 Å². The number of carbonyl (C=O) groups is 1. The zero-order valence-electron chi connectivity index (χ0n) is 11.7. The zero-order valence-corrected chi connectivity index (χ0v) is 12.5. The molecule has 0 aliphatic rings. The average molecular weight is 316 g/mol. The molecule has 0 fully saturated rings. The first-order valence-corrected chi connectivity index (χ1v) is 7.82. The Morgan fingerprint density at radius 3 is 2.67 bits per heavy atom. The van der Waals surface area contributed by atoms with Crippen molar-refractivity contribution >= 4 is 27.5 Å². The van der Waals surface area contributed by atoms with E-state index in [0.717, 1.165) is 0 Å². The van der Waals surface area contributed by atoms with E-state index in [2.05, 4.69) is 10.0 Å². The van der Waals surface area contributed by atoms with Crippen molar-refractivity contribution in [3.63, 3.8) is 0 Å². The largest absolute Gasteiger partial charge is 0.385 e. The summed E-state index contributed by atoms with van der Waals surface area (Å²) in [5.74, 6) is -0.348. The summed E-state index contributed by atoms with van der Waals surface area (Å²) >= 11 is 0. The second-order valence-corrected chi connectivity index (χ2v) is 5.75. The molecule has 1 rings (SSSR count). The van der Waals surface area contributed by atoms with Gasteiger partial charge in [0.15, 0.2) is 0 Å². The smallest absolute Gasteiger partial charge is 0.296 e. The summed E-state index contributed by atoms with van der Waals surface area (Å²) in [7, 11) is -2.28.